The van der Waals surface area contributed by atoms with Gasteiger partial charge in [-0.2, -0.15) is 4.68 Å². The number of rotatable bonds is 6. The van der Waals surface area contributed by atoms with Crippen LogP contribution in [0.5, 0.6) is 0 Å². The molecular formula is C21H25N5O2. The summed E-state index contributed by atoms with van der Waals surface area (Å²) in [4.78, 5) is 12.7. The number of nitrogens with one attached hydrogen (secondary N) is 1. The highest BCUT2D eigenvalue weighted by atomic mass is 16.3. The normalized spacial score (nSPS) is 12.2. The van der Waals surface area contributed by atoms with E-state index in [1.165, 1.54) is 0 Å². The molecule has 0 saturated carbocycles. The summed E-state index contributed by atoms with van der Waals surface area (Å²) in [6.45, 7) is 7.69. The molecule has 3 aromatic rings. The lowest BCUT2D eigenvalue weighted by Crippen LogP contribution is -2.35. The zero-order valence-electron chi connectivity index (χ0n) is 16.5. The number of nitrogens with zero attached hydrogens (tertiary/aromatic N) is 4. The number of amides is 1. The predicted molar refractivity (Wildman–Crippen MR) is 107 cm³/mol. The van der Waals surface area contributed by atoms with Crippen molar-refractivity contribution in [2.45, 2.75) is 39.7 Å². The number of benzene rings is 2. The fraction of sp³-hybridized carbons (Fsp3) is 0.333. The van der Waals surface area contributed by atoms with Crippen LogP contribution in [0.25, 0.3) is 16.8 Å². The molecule has 1 heterocycles. The number of carbonyl (C=O) groups is 1. The van der Waals surface area contributed by atoms with E-state index in [1.807, 2.05) is 57.2 Å². The lowest BCUT2D eigenvalue weighted by molar-refractivity contribution is 0.0922. The minimum atomic E-state index is -0.335. The third-order valence-corrected chi connectivity index (χ3v) is 4.47. The average Bonchev–Trinajstić information content (AvgIpc) is 3.18. The monoisotopic (exact) mass is 379 g/mol. The minimum Gasteiger partial charge on any atom is -0.394 e. The first-order valence-corrected chi connectivity index (χ1v) is 9.31. The molecule has 0 unspecified atom stereocenters. The van der Waals surface area contributed by atoms with Gasteiger partial charge in [-0.05, 0) is 53.6 Å². The molecule has 3 rings (SSSR count). The number of carbonyl (C=O) groups excluding carboxylic acids is 1. The Morgan fingerprint density at radius 1 is 1.11 bits per heavy atom. The Morgan fingerprint density at radius 2 is 1.82 bits per heavy atom. The topological polar surface area (TPSA) is 92.9 Å². The van der Waals surface area contributed by atoms with Gasteiger partial charge in [0.25, 0.3) is 5.91 Å². The Kier molecular flexibility index (Phi) is 5.84. The van der Waals surface area contributed by atoms with Crippen molar-refractivity contribution in [2.24, 2.45) is 0 Å². The van der Waals surface area contributed by atoms with E-state index in [2.05, 4.69) is 20.8 Å². The third kappa shape index (κ3) is 4.26. The molecule has 1 aromatic heterocycles. The molecule has 2 aromatic carbocycles. The van der Waals surface area contributed by atoms with Crippen LogP contribution < -0.4 is 5.32 Å². The predicted octanol–water partition coefficient (Wildman–Crippen LogP) is 2.87. The highest BCUT2D eigenvalue weighted by Gasteiger charge is 2.17. The van der Waals surface area contributed by atoms with Crippen molar-refractivity contribution in [3.63, 3.8) is 0 Å². The maximum Gasteiger partial charge on any atom is 0.251 e. The Bertz CT molecular complexity index is 963. The Morgan fingerprint density at radius 3 is 2.46 bits per heavy atom. The Balaban J connectivity index is 2.12. The molecule has 0 saturated heterocycles. The lowest BCUT2D eigenvalue weighted by atomic mass is 10.0. The summed E-state index contributed by atoms with van der Waals surface area (Å²) in [5.41, 5.74) is 4.25. The molecule has 0 aliphatic rings. The van der Waals surface area contributed by atoms with Crippen LogP contribution in [-0.4, -0.2) is 43.9 Å². The second-order valence-corrected chi connectivity index (χ2v) is 7.30. The van der Waals surface area contributed by atoms with E-state index < -0.39 is 0 Å². The number of aromatic nitrogens is 4. The molecule has 7 nitrogen and oxygen atoms in total. The summed E-state index contributed by atoms with van der Waals surface area (Å²) >= 11 is 0. The van der Waals surface area contributed by atoms with Gasteiger partial charge in [0.1, 0.15) is 0 Å². The van der Waals surface area contributed by atoms with Gasteiger partial charge in [-0.1, -0.05) is 43.7 Å². The molecule has 0 radical (unpaired) electrons. The van der Waals surface area contributed by atoms with Crippen molar-refractivity contribution in [1.82, 2.24) is 25.5 Å². The minimum absolute atomic E-state index is 0.124. The lowest BCUT2D eigenvalue weighted by Gasteiger charge is -2.14. The third-order valence-electron chi connectivity index (χ3n) is 4.47. The summed E-state index contributed by atoms with van der Waals surface area (Å²) in [5, 5.41) is 24.1. The summed E-state index contributed by atoms with van der Waals surface area (Å²) in [6, 6.07) is 13.4. The molecule has 0 fully saturated rings. The fourth-order valence-corrected chi connectivity index (χ4v) is 2.87. The van der Waals surface area contributed by atoms with Gasteiger partial charge < -0.3 is 10.4 Å². The van der Waals surface area contributed by atoms with Gasteiger partial charge in [0.15, 0.2) is 5.82 Å². The smallest absolute Gasteiger partial charge is 0.251 e. The van der Waals surface area contributed by atoms with Crippen LogP contribution in [0.2, 0.25) is 0 Å². The second-order valence-electron chi connectivity index (χ2n) is 7.30. The molecule has 1 atom stereocenters. The molecule has 2 N–H and O–H groups in total. The molecule has 0 bridgehead atoms. The SMILES string of the molecule is Cc1ccc(-c2cc(C(=O)N[C@@H](C)CO)cc(-n3nnnc3C(C)C)c2)cc1. The van der Waals surface area contributed by atoms with E-state index in [0.29, 0.717) is 11.3 Å². The van der Waals surface area contributed by atoms with E-state index in [-0.39, 0.29) is 24.5 Å². The van der Waals surface area contributed by atoms with Gasteiger partial charge in [0.2, 0.25) is 0 Å². The van der Waals surface area contributed by atoms with Crippen molar-refractivity contribution < 1.29 is 9.90 Å². The quantitative estimate of drug-likeness (QED) is 0.687. The fourth-order valence-electron chi connectivity index (χ4n) is 2.87. The highest BCUT2D eigenvalue weighted by Crippen LogP contribution is 2.26. The summed E-state index contributed by atoms with van der Waals surface area (Å²) in [5.74, 6) is 0.594. The average molecular weight is 379 g/mol. The Labute approximate surface area is 164 Å². The van der Waals surface area contributed by atoms with Gasteiger partial charge in [0, 0.05) is 17.5 Å². The number of aryl methyl sites for hydroxylation is 1. The number of tetrazole rings is 1. The largest absolute Gasteiger partial charge is 0.394 e. The molecule has 0 aliphatic heterocycles. The molecule has 28 heavy (non-hydrogen) atoms. The first-order chi connectivity index (χ1) is 13.4. The van der Waals surface area contributed by atoms with Gasteiger partial charge in [-0.25, -0.2) is 0 Å². The van der Waals surface area contributed by atoms with E-state index in [4.69, 9.17) is 0 Å². The zero-order valence-corrected chi connectivity index (χ0v) is 16.5. The molecule has 0 aliphatic carbocycles. The summed E-state index contributed by atoms with van der Waals surface area (Å²) < 4.78 is 1.66. The van der Waals surface area contributed by atoms with E-state index in [1.54, 1.807) is 17.7 Å². The van der Waals surface area contributed by atoms with Crippen LogP contribution in [0.15, 0.2) is 42.5 Å². The summed E-state index contributed by atoms with van der Waals surface area (Å²) in [7, 11) is 0. The standard InChI is InChI=1S/C21H25N5O2/c1-13(2)20-23-24-25-26(20)19-10-17(16-7-5-14(3)6-8-16)9-18(11-19)21(28)22-15(4)12-27/h5-11,13,15,27H,12H2,1-4H3,(H,22,28)/t15-/m0/s1. The molecule has 146 valence electrons. The van der Waals surface area contributed by atoms with Crippen molar-refractivity contribution in [3.05, 3.63) is 59.4 Å². The second kappa shape index (κ2) is 8.31. The molecular weight excluding hydrogens is 354 g/mol. The van der Waals surface area contributed by atoms with E-state index in [9.17, 15) is 9.90 Å². The van der Waals surface area contributed by atoms with Gasteiger partial charge in [-0.15, -0.1) is 5.10 Å². The van der Waals surface area contributed by atoms with Gasteiger partial charge in [-0.3, -0.25) is 4.79 Å². The molecule has 7 heteroatoms. The maximum atomic E-state index is 12.7. The van der Waals surface area contributed by atoms with Crippen molar-refractivity contribution in [3.8, 4) is 16.8 Å². The number of aliphatic hydroxyl groups excluding tert-OH is 1. The maximum absolute atomic E-state index is 12.7. The number of aliphatic hydroxyl groups is 1. The van der Waals surface area contributed by atoms with Crippen LogP contribution in [0.3, 0.4) is 0 Å². The van der Waals surface area contributed by atoms with Crippen LogP contribution in [0.4, 0.5) is 0 Å². The van der Waals surface area contributed by atoms with Crippen LogP contribution >= 0.6 is 0 Å². The number of hydrogen-bond acceptors (Lipinski definition) is 5. The van der Waals surface area contributed by atoms with Crippen molar-refractivity contribution in [1.29, 1.82) is 0 Å². The first kappa shape index (κ1) is 19.7. The van der Waals surface area contributed by atoms with Crippen LogP contribution in [0, 0.1) is 6.92 Å². The van der Waals surface area contributed by atoms with Crippen LogP contribution in [0.1, 0.15) is 48.4 Å². The molecule has 1 amide bonds. The highest BCUT2D eigenvalue weighted by molar-refractivity contribution is 5.96. The van der Waals surface area contributed by atoms with Gasteiger partial charge >= 0.3 is 0 Å². The van der Waals surface area contributed by atoms with Crippen LogP contribution in [-0.2, 0) is 0 Å². The number of hydrogen-bond donors (Lipinski definition) is 2. The van der Waals surface area contributed by atoms with Gasteiger partial charge in [0.05, 0.1) is 12.3 Å². The Hall–Kier alpha value is -3.06. The van der Waals surface area contributed by atoms with E-state index >= 15 is 0 Å². The summed E-state index contributed by atoms with van der Waals surface area (Å²) in [6.07, 6.45) is 0. The van der Waals surface area contributed by atoms with Crippen molar-refractivity contribution >= 4 is 5.91 Å². The van der Waals surface area contributed by atoms with Crippen molar-refractivity contribution in [2.75, 3.05) is 6.61 Å². The molecule has 0 spiro atoms. The first-order valence-electron chi connectivity index (χ1n) is 9.31. The van der Waals surface area contributed by atoms with E-state index in [0.717, 1.165) is 22.5 Å². The zero-order chi connectivity index (χ0) is 20.3.